The standard InChI is InChI=1S/C10H11Cl2FO/c11-5-1-2-10(14)8-4-3-7(12)6-9(8)13/h3-4,6,10,14H,1-2,5H2. The maximum absolute atomic E-state index is 13.3. The second kappa shape index (κ2) is 5.54. The first-order valence-electron chi connectivity index (χ1n) is 4.34. The summed E-state index contributed by atoms with van der Waals surface area (Å²) in [5, 5.41) is 9.91. The minimum absolute atomic E-state index is 0.277. The van der Waals surface area contributed by atoms with Gasteiger partial charge in [0.25, 0.3) is 0 Å². The fourth-order valence-corrected chi connectivity index (χ4v) is 1.51. The molecule has 0 spiro atoms. The predicted octanol–water partition coefficient (Wildman–Crippen LogP) is 3.53. The van der Waals surface area contributed by atoms with Crippen molar-refractivity contribution in [2.45, 2.75) is 18.9 Å². The monoisotopic (exact) mass is 236 g/mol. The van der Waals surface area contributed by atoms with Gasteiger partial charge in [-0.3, -0.25) is 0 Å². The predicted molar refractivity (Wildman–Crippen MR) is 56.3 cm³/mol. The first kappa shape index (κ1) is 11.8. The average Bonchev–Trinajstić information content (AvgIpc) is 2.14. The van der Waals surface area contributed by atoms with Gasteiger partial charge in [0.2, 0.25) is 0 Å². The van der Waals surface area contributed by atoms with Gasteiger partial charge in [0.1, 0.15) is 5.82 Å². The zero-order chi connectivity index (χ0) is 10.6. The first-order valence-corrected chi connectivity index (χ1v) is 5.25. The SMILES string of the molecule is OC(CCCCl)c1ccc(Cl)cc1F. The van der Waals surface area contributed by atoms with Crippen molar-refractivity contribution in [1.82, 2.24) is 0 Å². The van der Waals surface area contributed by atoms with E-state index >= 15 is 0 Å². The van der Waals surface area contributed by atoms with Crippen LogP contribution in [0.4, 0.5) is 4.39 Å². The van der Waals surface area contributed by atoms with Gasteiger partial charge in [0, 0.05) is 16.5 Å². The molecule has 0 aromatic heterocycles. The van der Waals surface area contributed by atoms with Crippen LogP contribution in [0.25, 0.3) is 0 Å². The molecule has 4 heteroatoms. The van der Waals surface area contributed by atoms with E-state index in [1.165, 1.54) is 12.1 Å². The van der Waals surface area contributed by atoms with Crippen molar-refractivity contribution < 1.29 is 9.50 Å². The fourth-order valence-electron chi connectivity index (χ4n) is 1.20. The van der Waals surface area contributed by atoms with E-state index in [1.807, 2.05) is 0 Å². The molecule has 0 aliphatic heterocycles. The van der Waals surface area contributed by atoms with Crippen LogP contribution in [0.15, 0.2) is 18.2 Å². The van der Waals surface area contributed by atoms with E-state index in [2.05, 4.69) is 0 Å². The van der Waals surface area contributed by atoms with E-state index in [0.717, 1.165) is 0 Å². The first-order chi connectivity index (χ1) is 6.65. The molecule has 0 radical (unpaired) electrons. The Bertz CT molecular complexity index is 304. The molecule has 78 valence electrons. The van der Waals surface area contributed by atoms with E-state index in [4.69, 9.17) is 23.2 Å². The fraction of sp³-hybridized carbons (Fsp3) is 0.400. The van der Waals surface area contributed by atoms with Crippen molar-refractivity contribution in [1.29, 1.82) is 0 Å². The summed E-state index contributed by atoms with van der Waals surface area (Å²) in [5.74, 6) is -0.00807. The Kier molecular flexibility index (Phi) is 4.66. The topological polar surface area (TPSA) is 20.2 Å². The molecule has 0 heterocycles. The highest BCUT2D eigenvalue weighted by Gasteiger charge is 2.12. The number of hydrogen-bond donors (Lipinski definition) is 1. The van der Waals surface area contributed by atoms with Crippen molar-refractivity contribution in [2.75, 3.05) is 5.88 Å². The lowest BCUT2D eigenvalue weighted by Crippen LogP contribution is -2.00. The third-order valence-electron chi connectivity index (χ3n) is 1.93. The van der Waals surface area contributed by atoms with E-state index < -0.39 is 11.9 Å². The molecule has 0 aliphatic rings. The zero-order valence-corrected chi connectivity index (χ0v) is 9.02. The van der Waals surface area contributed by atoms with Crippen molar-refractivity contribution in [2.24, 2.45) is 0 Å². The minimum Gasteiger partial charge on any atom is -0.388 e. The summed E-state index contributed by atoms with van der Waals surface area (Å²) >= 11 is 11.1. The Morgan fingerprint density at radius 2 is 2.14 bits per heavy atom. The van der Waals surface area contributed by atoms with Crippen molar-refractivity contribution in [3.63, 3.8) is 0 Å². The van der Waals surface area contributed by atoms with Crippen LogP contribution in [0.1, 0.15) is 24.5 Å². The zero-order valence-electron chi connectivity index (χ0n) is 7.51. The number of rotatable bonds is 4. The minimum atomic E-state index is -0.800. The normalized spacial score (nSPS) is 12.9. The van der Waals surface area contributed by atoms with Gasteiger partial charge < -0.3 is 5.11 Å². The van der Waals surface area contributed by atoms with E-state index in [1.54, 1.807) is 6.07 Å². The van der Waals surface area contributed by atoms with Crippen LogP contribution in [0.5, 0.6) is 0 Å². The highest BCUT2D eigenvalue weighted by molar-refractivity contribution is 6.30. The average molecular weight is 237 g/mol. The summed E-state index contributed by atoms with van der Waals surface area (Å²) in [6.45, 7) is 0. The number of halogens is 3. The summed E-state index contributed by atoms with van der Waals surface area (Å²) in [6.07, 6.45) is 0.318. The highest BCUT2D eigenvalue weighted by atomic mass is 35.5. The van der Waals surface area contributed by atoms with Crippen LogP contribution in [0.2, 0.25) is 5.02 Å². The molecular weight excluding hydrogens is 226 g/mol. The molecule has 1 unspecified atom stereocenters. The molecule has 14 heavy (non-hydrogen) atoms. The molecule has 1 aromatic carbocycles. The molecule has 0 fully saturated rings. The maximum Gasteiger partial charge on any atom is 0.130 e. The molecule has 1 rings (SSSR count). The number of hydrogen-bond acceptors (Lipinski definition) is 1. The molecule has 0 bridgehead atoms. The lowest BCUT2D eigenvalue weighted by Gasteiger charge is -2.10. The van der Waals surface area contributed by atoms with Gasteiger partial charge in [-0.1, -0.05) is 17.7 Å². The second-order valence-corrected chi connectivity index (χ2v) is 3.83. The maximum atomic E-state index is 13.3. The Balaban J connectivity index is 2.74. The van der Waals surface area contributed by atoms with Gasteiger partial charge in [0.05, 0.1) is 6.10 Å². The van der Waals surface area contributed by atoms with Crippen LogP contribution in [-0.2, 0) is 0 Å². The molecule has 0 aliphatic carbocycles. The van der Waals surface area contributed by atoms with E-state index in [9.17, 15) is 9.50 Å². The molecule has 1 atom stereocenters. The van der Waals surface area contributed by atoms with E-state index in [0.29, 0.717) is 23.7 Å². The summed E-state index contributed by atoms with van der Waals surface area (Å²) in [7, 11) is 0. The van der Waals surface area contributed by atoms with Crippen LogP contribution in [0, 0.1) is 5.82 Å². The number of aliphatic hydroxyl groups is 1. The molecule has 0 saturated heterocycles. The van der Waals surface area contributed by atoms with Gasteiger partial charge in [0.15, 0.2) is 0 Å². The third kappa shape index (κ3) is 3.12. The summed E-state index contributed by atoms with van der Waals surface area (Å²) in [5.41, 5.74) is 0.277. The van der Waals surface area contributed by atoms with Crippen LogP contribution < -0.4 is 0 Å². The van der Waals surface area contributed by atoms with Gasteiger partial charge in [-0.05, 0) is 25.0 Å². The largest absolute Gasteiger partial charge is 0.388 e. The molecule has 1 N–H and O–H groups in total. The van der Waals surface area contributed by atoms with Crippen LogP contribution in [-0.4, -0.2) is 11.0 Å². The summed E-state index contributed by atoms with van der Waals surface area (Å²) in [6, 6.07) is 4.25. The Morgan fingerprint density at radius 3 is 2.71 bits per heavy atom. The van der Waals surface area contributed by atoms with E-state index in [-0.39, 0.29) is 5.56 Å². The molecule has 1 nitrogen and oxygen atoms in total. The van der Waals surface area contributed by atoms with Crippen molar-refractivity contribution >= 4 is 23.2 Å². The Labute approximate surface area is 92.5 Å². The molecule has 1 aromatic rings. The molecule has 0 saturated carbocycles. The Morgan fingerprint density at radius 1 is 1.43 bits per heavy atom. The lowest BCUT2D eigenvalue weighted by atomic mass is 10.1. The van der Waals surface area contributed by atoms with Crippen LogP contribution in [0.3, 0.4) is 0 Å². The van der Waals surface area contributed by atoms with Crippen molar-refractivity contribution in [3.05, 3.63) is 34.6 Å². The van der Waals surface area contributed by atoms with Gasteiger partial charge >= 0.3 is 0 Å². The van der Waals surface area contributed by atoms with Crippen LogP contribution >= 0.6 is 23.2 Å². The Hall–Kier alpha value is -0.310. The van der Waals surface area contributed by atoms with Gasteiger partial charge in [-0.15, -0.1) is 11.6 Å². The lowest BCUT2D eigenvalue weighted by molar-refractivity contribution is 0.162. The number of alkyl halides is 1. The number of benzene rings is 1. The molecular formula is C10H11Cl2FO. The second-order valence-electron chi connectivity index (χ2n) is 3.01. The summed E-state index contributed by atoms with van der Waals surface area (Å²) in [4.78, 5) is 0. The third-order valence-corrected chi connectivity index (χ3v) is 2.44. The summed E-state index contributed by atoms with van der Waals surface area (Å²) < 4.78 is 13.3. The quantitative estimate of drug-likeness (QED) is 0.794. The highest BCUT2D eigenvalue weighted by Crippen LogP contribution is 2.23. The number of aliphatic hydroxyl groups excluding tert-OH is 1. The smallest absolute Gasteiger partial charge is 0.130 e. The van der Waals surface area contributed by atoms with Gasteiger partial charge in [-0.25, -0.2) is 4.39 Å². The van der Waals surface area contributed by atoms with Crippen molar-refractivity contribution in [3.8, 4) is 0 Å². The van der Waals surface area contributed by atoms with Gasteiger partial charge in [-0.2, -0.15) is 0 Å². The molecule has 0 amide bonds.